The van der Waals surface area contributed by atoms with Crippen LogP contribution in [-0.2, 0) is 8.54 Å². The van der Waals surface area contributed by atoms with Crippen molar-refractivity contribution in [1.82, 2.24) is 0 Å². The van der Waals surface area contributed by atoms with E-state index in [1.165, 1.54) is 0 Å². The normalized spacial score (nSPS) is 14.0. The van der Waals surface area contributed by atoms with E-state index in [0.717, 1.165) is 0 Å². The summed E-state index contributed by atoms with van der Waals surface area (Å²) in [6.45, 7) is 14.8. The van der Waals surface area contributed by atoms with E-state index >= 15 is 0 Å². The standard InChI is InChI=1S/C8H21O2Si2/c1-8(2,3)9-11(4)10-12(5,6)7/h1-7H3. The van der Waals surface area contributed by atoms with E-state index in [1.54, 1.807) is 0 Å². The Morgan fingerprint density at radius 3 is 1.75 bits per heavy atom. The van der Waals surface area contributed by atoms with Crippen LogP contribution in [0.25, 0.3) is 0 Å². The summed E-state index contributed by atoms with van der Waals surface area (Å²) in [6, 6.07) is 0. The molecule has 0 unspecified atom stereocenters. The highest BCUT2D eigenvalue weighted by Gasteiger charge is 2.24. The Morgan fingerprint density at radius 1 is 1.08 bits per heavy atom. The first-order valence-electron chi connectivity index (χ1n) is 4.32. The Labute approximate surface area is 79.2 Å². The van der Waals surface area contributed by atoms with Gasteiger partial charge in [0, 0.05) is 5.60 Å². The Balaban J connectivity index is 3.83. The summed E-state index contributed by atoms with van der Waals surface area (Å²) in [5.41, 5.74) is -0.0668. The van der Waals surface area contributed by atoms with Crippen LogP contribution in [0.4, 0.5) is 0 Å². The highest BCUT2D eigenvalue weighted by atomic mass is 28.4. The quantitative estimate of drug-likeness (QED) is 0.660. The maximum absolute atomic E-state index is 5.83. The predicted octanol–water partition coefficient (Wildman–Crippen LogP) is 2.77. The topological polar surface area (TPSA) is 18.5 Å². The molecule has 0 aromatic carbocycles. The van der Waals surface area contributed by atoms with Gasteiger partial charge in [0.15, 0.2) is 8.32 Å². The van der Waals surface area contributed by atoms with E-state index in [9.17, 15) is 0 Å². The molecule has 0 spiro atoms. The van der Waals surface area contributed by atoms with Crippen LogP contribution in [0.3, 0.4) is 0 Å². The molecule has 0 aromatic heterocycles. The molecule has 0 atom stereocenters. The van der Waals surface area contributed by atoms with Gasteiger partial charge in [0.05, 0.1) is 0 Å². The molecule has 0 aromatic rings. The lowest BCUT2D eigenvalue weighted by molar-refractivity contribution is 0.106. The third kappa shape index (κ3) is 8.45. The lowest BCUT2D eigenvalue weighted by Crippen LogP contribution is -2.39. The van der Waals surface area contributed by atoms with E-state index in [0.29, 0.717) is 0 Å². The van der Waals surface area contributed by atoms with E-state index in [4.69, 9.17) is 8.54 Å². The Kier molecular flexibility index (Phi) is 4.16. The molecular weight excluding hydrogens is 184 g/mol. The van der Waals surface area contributed by atoms with Gasteiger partial charge in [-0.05, 0) is 47.0 Å². The van der Waals surface area contributed by atoms with Crippen LogP contribution in [0.1, 0.15) is 20.8 Å². The van der Waals surface area contributed by atoms with Crippen molar-refractivity contribution in [3.63, 3.8) is 0 Å². The van der Waals surface area contributed by atoms with Crippen molar-refractivity contribution < 1.29 is 8.54 Å². The van der Waals surface area contributed by atoms with Crippen molar-refractivity contribution in [3.8, 4) is 0 Å². The first-order chi connectivity index (χ1) is 5.10. The molecule has 0 bridgehead atoms. The van der Waals surface area contributed by atoms with Gasteiger partial charge in [0.2, 0.25) is 0 Å². The first kappa shape index (κ1) is 12.4. The molecule has 0 N–H and O–H groups in total. The van der Waals surface area contributed by atoms with Crippen LogP contribution in [0.15, 0.2) is 0 Å². The minimum atomic E-state index is -1.40. The highest BCUT2D eigenvalue weighted by molar-refractivity contribution is 6.75. The molecule has 0 saturated heterocycles. The lowest BCUT2D eigenvalue weighted by atomic mass is 10.2. The minimum Gasteiger partial charge on any atom is -0.435 e. The van der Waals surface area contributed by atoms with E-state index < -0.39 is 17.6 Å². The Hall–Kier alpha value is 0.354. The van der Waals surface area contributed by atoms with E-state index in [2.05, 4.69) is 47.0 Å². The summed E-state index contributed by atoms with van der Waals surface area (Å²) in [5, 5.41) is 0. The van der Waals surface area contributed by atoms with Crippen LogP contribution >= 0.6 is 0 Å². The summed E-state index contributed by atoms with van der Waals surface area (Å²) in [4.78, 5) is 0. The average Bonchev–Trinajstić information content (AvgIpc) is 1.49. The monoisotopic (exact) mass is 205 g/mol. The van der Waals surface area contributed by atoms with Gasteiger partial charge in [-0.25, -0.2) is 0 Å². The van der Waals surface area contributed by atoms with Crippen molar-refractivity contribution in [2.75, 3.05) is 0 Å². The second-order valence-electron chi connectivity index (χ2n) is 4.92. The molecule has 0 aliphatic heterocycles. The summed E-state index contributed by atoms with van der Waals surface area (Å²) in [6.07, 6.45) is 0. The van der Waals surface area contributed by atoms with Crippen molar-refractivity contribution in [2.24, 2.45) is 0 Å². The van der Waals surface area contributed by atoms with E-state index in [-0.39, 0.29) is 5.60 Å². The molecule has 12 heavy (non-hydrogen) atoms. The maximum atomic E-state index is 5.83. The van der Waals surface area contributed by atoms with Crippen LogP contribution in [-0.4, -0.2) is 23.2 Å². The molecule has 2 nitrogen and oxygen atoms in total. The molecule has 0 saturated carbocycles. The fourth-order valence-electron chi connectivity index (χ4n) is 0.883. The molecular formula is C8H21O2Si2. The van der Waals surface area contributed by atoms with Crippen molar-refractivity contribution in [2.45, 2.75) is 52.6 Å². The van der Waals surface area contributed by atoms with Crippen LogP contribution in [0, 0.1) is 0 Å². The van der Waals surface area contributed by atoms with Gasteiger partial charge in [-0.15, -0.1) is 0 Å². The van der Waals surface area contributed by atoms with Gasteiger partial charge in [-0.1, -0.05) is 0 Å². The molecule has 0 amide bonds. The second kappa shape index (κ2) is 4.04. The molecule has 1 radical (unpaired) electrons. The van der Waals surface area contributed by atoms with Gasteiger partial charge in [-0.3, -0.25) is 0 Å². The summed E-state index contributed by atoms with van der Waals surface area (Å²) in [5.74, 6) is 0. The van der Waals surface area contributed by atoms with Crippen molar-refractivity contribution in [3.05, 3.63) is 0 Å². The number of hydrogen-bond donors (Lipinski definition) is 0. The number of rotatable bonds is 3. The molecule has 0 aliphatic rings. The fraction of sp³-hybridized carbons (Fsp3) is 1.00. The molecule has 0 heterocycles. The Morgan fingerprint density at radius 2 is 1.50 bits per heavy atom. The summed E-state index contributed by atoms with van der Waals surface area (Å²) < 4.78 is 11.6. The molecule has 0 aliphatic carbocycles. The molecule has 0 rings (SSSR count). The summed E-state index contributed by atoms with van der Waals surface area (Å²) in [7, 11) is -2.44. The van der Waals surface area contributed by atoms with Crippen molar-refractivity contribution >= 4 is 17.6 Å². The van der Waals surface area contributed by atoms with Crippen molar-refractivity contribution in [1.29, 1.82) is 0 Å². The van der Waals surface area contributed by atoms with Crippen LogP contribution < -0.4 is 0 Å². The van der Waals surface area contributed by atoms with Gasteiger partial charge in [0.25, 0.3) is 0 Å². The SMILES string of the molecule is C[Si](OC(C)(C)C)O[Si](C)(C)C. The highest BCUT2D eigenvalue weighted by Crippen LogP contribution is 2.13. The first-order valence-corrected chi connectivity index (χ1v) is 9.54. The van der Waals surface area contributed by atoms with Crippen LogP contribution in [0.2, 0.25) is 26.2 Å². The lowest BCUT2D eigenvalue weighted by Gasteiger charge is -2.28. The van der Waals surface area contributed by atoms with E-state index in [1.807, 2.05) is 0 Å². The zero-order valence-corrected chi connectivity index (χ0v) is 11.3. The third-order valence-corrected chi connectivity index (χ3v) is 5.40. The predicted molar refractivity (Wildman–Crippen MR) is 56.9 cm³/mol. The Bertz CT molecular complexity index is 119. The fourth-order valence-corrected chi connectivity index (χ4v) is 5.36. The zero-order chi connectivity index (χ0) is 9.99. The smallest absolute Gasteiger partial charge is 0.370 e. The molecule has 73 valence electrons. The van der Waals surface area contributed by atoms with Gasteiger partial charge in [-0.2, -0.15) is 0 Å². The van der Waals surface area contributed by atoms with Gasteiger partial charge in [0.1, 0.15) is 0 Å². The average molecular weight is 205 g/mol. The van der Waals surface area contributed by atoms with Gasteiger partial charge < -0.3 is 8.54 Å². The zero-order valence-electron chi connectivity index (χ0n) is 9.32. The second-order valence-corrected chi connectivity index (χ2v) is 11.1. The third-order valence-electron chi connectivity index (χ3n) is 0.900. The largest absolute Gasteiger partial charge is 0.435 e. The maximum Gasteiger partial charge on any atom is 0.370 e. The number of hydrogen-bond acceptors (Lipinski definition) is 2. The molecule has 0 fully saturated rings. The summed E-state index contributed by atoms with van der Waals surface area (Å²) >= 11 is 0. The van der Waals surface area contributed by atoms with Gasteiger partial charge >= 0.3 is 9.28 Å². The minimum absolute atomic E-state index is 0.0668. The van der Waals surface area contributed by atoms with Crippen LogP contribution in [0.5, 0.6) is 0 Å². The molecule has 4 heteroatoms.